The summed E-state index contributed by atoms with van der Waals surface area (Å²) in [5, 5.41) is 8.88. The Balaban J connectivity index is 2.17. The number of hydrogen-bond acceptors (Lipinski definition) is 4. The number of amides is 2. The molecule has 1 aliphatic rings. The van der Waals surface area contributed by atoms with Gasteiger partial charge in [-0.25, -0.2) is 4.79 Å². The third kappa shape index (κ3) is 2.98. The van der Waals surface area contributed by atoms with E-state index in [1.54, 1.807) is 4.90 Å². The van der Waals surface area contributed by atoms with Crippen LogP contribution in [0.25, 0.3) is 0 Å². The highest BCUT2D eigenvalue weighted by molar-refractivity contribution is 5.98. The summed E-state index contributed by atoms with van der Waals surface area (Å²) >= 11 is 0. The van der Waals surface area contributed by atoms with Gasteiger partial charge in [-0.05, 0) is 26.7 Å². The number of likely N-dealkylation sites (N-methyl/N-ethyl adjacent to an activating group) is 1. The van der Waals surface area contributed by atoms with Crippen LogP contribution in [0.5, 0.6) is 0 Å². The standard InChI is InChI=1S/C15H20N2O5/c1-3-16(4-2)13(18)11-6-5-7-17(11)14(19)12-8-10(9-22-12)15(20)21/h8-9,11H,3-7H2,1-2H3,(H,20,21). The number of hydrogen-bond donors (Lipinski definition) is 1. The summed E-state index contributed by atoms with van der Waals surface area (Å²) in [6, 6.07) is 0.702. The molecule has 1 N–H and O–H groups in total. The minimum absolute atomic E-state index is 0.0448. The molecule has 1 aliphatic heterocycles. The van der Waals surface area contributed by atoms with Crippen LogP contribution in [0.4, 0.5) is 0 Å². The Morgan fingerprint density at radius 3 is 2.59 bits per heavy atom. The zero-order valence-corrected chi connectivity index (χ0v) is 12.7. The van der Waals surface area contributed by atoms with Gasteiger partial charge in [0, 0.05) is 25.7 Å². The van der Waals surface area contributed by atoms with Gasteiger partial charge in [-0.1, -0.05) is 0 Å². The smallest absolute Gasteiger partial charge is 0.338 e. The fourth-order valence-electron chi connectivity index (χ4n) is 2.71. The SMILES string of the molecule is CCN(CC)C(=O)C1CCCN1C(=O)c1cc(C(=O)O)co1. The largest absolute Gasteiger partial charge is 0.478 e. The molecule has 0 spiro atoms. The van der Waals surface area contributed by atoms with Crippen LogP contribution >= 0.6 is 0 Å². The third-order valence-electron chi connectivity index (χ3n) is 3.93. The molecule has 120 valence electrons. The third-order valence-corrected chi connectivity index (χ3v) is 3.93. The predicted molar refractivity (Wildman–Crippen MR) is 77.7 cm³/mol. The van der Waals surface area contributed by atoms with Gasteiger partial charge in [-0.2, -0.15) is 0 Å². The van der Waals surface area contributed by atoms with E-state index in [1.807, 2.05) is 13.8 Å². The molecular weight excluding hydrogens is 288 g/mol. The van der Waals surface area contributed by atoms with Crippen LogP contribution in [0.2, 0.25) is 0 Å². The van der Waals surface area contributed by atoms with E-state index in [9.17, 15) is 14.4 Å². The number of carboxylic acids is 1. The minimum Gasteiger partial charge on any atom is -0.478 e. The molecule has 0 radical (unpaired) electrons. The molecule has 1 aromatic heterocycles. The lowest BCUT2D eigenvalue weighted by Gasteiger charge is -2.28. The monoisotopic (exact) mass is 308 g/mol. The van der Waals surface area contributed by atoms with Gasteiger partial charge in [0.25, 0.3) is 5.91 Å². The highest BCUT2D eigenvalue weighted by atomic mass is 16.4. The summed E-state index contributed by atoms with van der Waals surface area (Å²) in [6.45, 7) is 5.46. The molecule has 7 heteroatoms. The molecular formula is C15H20N2O5. The van der Waals surface area contributed by atoms with Crippen molar-refractivity contribution in [1.82, 2.24) is 9.80 Å². The molecule has 2 heterocycles. The van der Waals surface area contributed by atoms with Crippen molar-refractivity contribution in [3.8, 4) is 0 Å². The van der Waals surface area contributed by atoms with Gasteiger partial charge < -0.3 is 19.3 Å². The Kier molecular flexibility index (Phi) is 4.85. The maximum atomic E-state index is 12.5. The summed E-state index contributed by atoms with van der Waals surface area (Å²) in [6.07, 6.45) is 2.40. The Bertz CT molecular complexity index is 576. The minimum atomic E-state index is -1.15. The van der Waals surface area contributed by atoms with Gasteiger partial charge >= 0.3 is 5.97 Å². The fraction of sp³-hybridized carbons (Fsp3) is 0.533. The summed E-state index contributed by atoms with van der Waals surface area (Å²) in [5.74, 6) is -1.70. The van der Waals surface area contributed by atoms with E-state index in [4.69, 9.17) is 9.52 Å². The number of nitrogens with zero attached hydrogens (tertiary/aromatic N) is 2. The first-order valence-electron chi connectivity index (χ1n) is 7.41. The second-order valence-electron chi connectivity index (χ2n) is 5.17. The first-order valence-corrected chi connectivity index (χ1v) is 7.41. The van der Waals surface area contributed by atoms with Crippen molar-refractivity contribution in [1.29, 1.82) is 0 Å². The summed E-state index contributed by atoms with van der Waals surface area (Å²) in [4.78, 5) is 39.0. The lowest BCUT2D eigenvalue weighted by Crippen LogP contribution is -2.47. The molecule has 1 fully saturated rings. The average Bonchev–Trinajstić information content (AvgIpc) is 3.17. The van der Waals surface area contributed by atoms with Crippen molar-refractivity contribution in [2.75, 3.05) is 19.6 Å². The molecule has 0 aromatic carbocycles. The number of aromatic carboxylic acids is 1. The lowest BCUT2D eigenvalue weighted by molar-refractivity contribution is -0.134. The first-order chi connectivity index (χ1) is 10.5. The zero-order valence-electron chi connectivity index (χ0n) is 12.7. The van der Waals surface area contributed by atoms with Crippen molar-refractivity contribution >= 4 is 17.8 Å². The Morgan fingerprint density at radius 1 is 1.36 bits per heavy atom. The number of carboxylic acid groups (broad SMARTS) is 1. The highest BCUT2D eigenvalue weighted by Crippen LogP contribution is 2.23. The average molecular weight is 308 g/mol. The Hall–Kier alpha value is -2.31. The van der Waals surface area contributed by atoms with E-state index in [2.05, 4.69) is 0 Å². The van der Waals surface area contributed by atoms with Crippen LogP contribution in [-0.2, 0) is 4.79 Å². The van der Waals surface area contributed by atoms with E-state index in [1.165, 1.54) is 11.0 Å². The molecule has 22 heavy (non-hydrogen) atoms. The number of carbonyl (C=O) groups is 3. The van der Waals surface area contributed by atoms with Crippen molar-refractivity contribution < 1.29 is 23.9 Å². The second kappa shape index (κ2) is 6.64. The van der Waals surface area contributed by atoms with Crippen LogP contribution in [0.1, 0.15) is 47.6 Å². The molecule has 1 unspecified atom stereocenters. The Labute approximate surface area is 128 Å². The van der Waals surface area contributed by atoms with Crippen molar-refractivity contribution in [2.45, 2.75) is 32.7 Å². The summed E-state index contributed by atoms with van der Waals surface area (Å²) in [5.41, 5.74) is -0.0748. The molecule has 1 atom stereocenters. The second-order valence-corrected chi connectivity index (χ2v) is 5.17. The van der Waals surface area contributed by atoms with Crippen LogP contribution in [0, 0.1) is 0 Å². The van der Waals surface area contributed by atoms with E-state index < -0.39 is 17.9 Å². The maximum Gasteiger partial charge on any atom is 0.338 e. The van der Waals surface area contributed by atoms with Gasteiger partial charge in [0.2, 0.25) is 5.91 Å². The number of furan rings is 1. The van der Waals surface area contributed by atoms with Gasteiger partial charge in [0.15, 0.2) is 5.76 Å². The quantitative estimate of drug-likeness (QED) is 0.889. The molecule has 0 aliphatic carbocycles. The van der Waals surface area contributed by atoms with Gasteiger partial charge in [-0.15, -0.1) is 0 Å². The van der Waals surface area contributed by atoms with E-state index in [-0.39, 0.29) is 17.2 Å². The van der Waals surface area contributed by atoms with E-state index in [0.717, 1.165) is 12.7 Å². The highest BCUT2D eigenvalue weighted by Gasteiger charge is 2.37. The topological polar surface area (TPSA) is 91.1 Å². The number of rotatable bonds is 5. The normalized spacial score (nSPS) is 17.5. The first kappa shape index (κ1) is 16.1. The molecule has 0 bridgehead atoms. The van der Waals surface area contributed by atoms with Crippen LogP contribution < -0.4 is 0 Å². The van der Waals surface area contributed by atoms with Crippen molar-refractivity contribution in [3.05, 3.63) is 23.7 Å². The van der Waals surface area contributed by atoms with Crippen LogP contribution in [0.15, 0.2) is 16.7 Å². The molecule has 2 amide bonds. The van der Waals surface area contributed by atoms with Crippen LogP contribution in [0.3, 0.4) is 0 Å². The van der Waals surface area contributed by atoms with E-state index >= 15 is 0 Å². The predicted octanol–water partition coefficient (Wildman–Crippen LogP) is 1.45. The number of likely N-dealkylation sites (tertiary alicyclic amines) is 1. The van der Waals surface area contributed by atoms with Gasteiger partial charge in [-0.3, -0.25) is 9.59 Å². The van der Waals surface area contributed by atoms with Crippen molar-refractivity contribution in [2.24, 2.45) is 0 Å². The molecule has 7 nitrogen and oxygen atoms in total. The fourth-order valence-corrected chi connectivity index (χ4v) is 2.71. The molecule has 2 rings (SSSR count). The summed E-state index contributed by atoms with van der Waals surface area (Å²) in [7, 11) is 0. The molecule has 0 saturated carbocycles. The zero-order chi connectivity index (χ0) is 16.3. The lowest BCUT2D eigenvalue weighted by atomic mass is 10.2. The van der Waals surface area contributed by atoms with Crippen molar-refractivity contribution in [3.63, 3.8) is 0 Å². The van der Waals surface area contributed by atoms with E-state index in [0.29, 0.717) is 26.1 Å². The van der Waals surface area contributed by atoms with Crippen LogP contribution in [-0.4, -0.2) is 58.4 Å². The summed E-state index contributed by atoms with van der Waals surface area (Å²) < 4.78 is 5.04. The Morgan fingerprint density at radius 2 is 2.05 bits per heavy atom. The number of carbonyl (C=O) groups excluding carboxylic acids is 2. The molecule has 1 saturated heterocycles. The molecule has 1 aromatic rings. The maximum absolute atomic E-state index is 12.5. The van der Waals surface area contributed by atoms with Gasteiger partial charge in [0.1, 0.15) is 12.3 Å². The van der Waals surface area contributed by atoms with Gasteiger partial charge in [0.05, 0.1) is 5.56 Å².